The maximum absolute atomic E-state index is 13.6. The molecule has 33 heavy (non-hydrogen) atoms. The fraction of sp³-hybridized carbons (Fsp3) is 0.310. The van der Waals surface area contributed by atoms with Crippen molar-refractivity contribution in [1.82, 2.24) is 10.2 Å². The number of amides is 2. The number of hydrogen-bond donors (Lipinski definition) is 1. The molecule has 3 rings (SSSR count). The largest absolute Gasteiger partial charge is 0.354 e. The zero-order valence-electron chi connectivity index (χ0n) is 19.7. The fourth-order valence-electron chi connectivity index (χ4n) is 3.82. The van der Waals surface area contributed by atoms with Gasteiger partial charge in [0.05, 0.1) is 6.42 Å². The van der Waals surface area contributed by atoms with Crippen LogP contribution in [-0.4, -0.2) is 29.3 Å². The Labute approximate surface area is 197 Å². The minimum atomic E-state index is -0.582. The van der Waals surface area contributed by atoms with Crippen molar-refractivity contribution in [2.24, 2.45) is 0 Å². The number of carbonyl (C=O) groups is 2. The Morgan fingerprint density at radius 3 is 2.03 bits per heavy atom. The third-order valence-electron chi connectivity index (χ3n) is 5.77. The molecule has 0 fully saturated rings. The van der Waals surface area contributed by atoms with Gasteiger partial charge in [-0.15, -0.1) is 0 Å². The molecule has 2 amide bonds. The summed E-state index contributed by atoms with van der Waals surface area (Å²) in [6, 6.07) is 27.2. The molecule has 3 aromatic rings. The number of rotatable bonds is 11. The molecule has 0 radical (unpaired) electrons. The molecule has 1 N–H and O–H groups in total. The first-order chi connectivity index (χ1) is 16.1. The molecule has 4 heteroatoms. The van der Waals surface area contributed by atoms with Gasteiger partial charge in [0.2, 0.25) is 11.8 Å². The summed E-state index contributed by atoms with van der Waals surface area (Å²) in [5.74, 6) is -0.144. The standard InChI is InChI=1S/C29H34N2O2/c1-3-4-19-30-29(33)27(20-24-11-7-5-8-12-24)31(22-26-17-15-23(2)16-18-26)28(32)21-25-13-9-6-10-14-25/h5-18,27H,3-4,19-22H2,1-2H3,(H,30,33)/t27-/m1/s1. The first-order valence-electron chi connectivity index (χ1n) is 11.8. The fourth-order valence-corrected chi connectivity index (χ4v) is 3.82. The van der Waals surface area contributed by atoms with Crippen LogP contribution in [0.15, 0.2) is 84.9 Å². The van der Waals surface area contributed by atoms with Crippen LogP contribution in [0, 0.1) is 6.92 Å². The second kappa shape index (κ2) is 12.6. The smallest absolute Gasteiger partial charge is 0.243 e. The highest BCUT2D eigenvalue weighted by atomic mass is 16.2. The highest BCUT2D eigenvalue weighted by molar-refractivity contribution is 5.88. The average Bonchev–Trinajstić information content (AvgIpc) is 2.84. The molecule has 0 spiro atoms. The van der Waals surface area contributed by atoms with E-state index < -0.39 is 6.04 Å². The molecule has 4 nitrogen and oxygen atoms in total. The van der Waals surface area contributed by atoms with Gasteiger partial charge in [0.1, 0.15) is 6.04 Å². The summed E-state index contributed by atoms with van der Waals surface area (Å²) in [4.78, 5) is 28.7. The summed E-state index contributed by atoms with van der Waals surface area (Å²) in [6.07, 6.45) is 2.66. The van der Waals surface area contributed by atoms with Gasteiger partial charge in [-0.2, -0.15) is 0 Å². The number of hydrogen-bond acceptors (Lipinski definition) is 2. The van der Waals surface area contributed by atoms with E-state index in [-0.39, 0.29) is 18.2 Å². The van der Waals surface area contributed by atoms with Gasteiger partial charge in [-0.25, -0.2) is 0 Å². The highest BCUT2D eigenvalue weighted by Gasteiger charge is 2.30. The maximum Gasteiger partial charge on any atom is 0.243 e. The maximum atomic E-state index is 13.6. The van der Waals surface area contributed by atoms with Gasteiger partial charge in [-0.3, -0.25) is 9.59 Å². The van der Waals surface area contributed by atoms with Crippen LogP contribution in [0.5, 0.6) is 0 Å². The molecule has 0 saturated heterocycles. The Kier molecular flexibility index (Phi) is 9.25. The van der Waals surface area contributed by atoms with E-state index in [9.17, 15) is 9.59 Å². The molecule has 0 saturated carbocycles. The Morgan fingerprint density at radius 2 is 1.42 bits per heavy atom. The van der Waals surface area contributed by atoms with Gasteiger partial charge in [0.25, 0.3) is 0 Å². The molecular formula is C29H34N2O2. The Bertz CT molecular complexity index is 1000. The van der Waals surface area contributed by atoms with Crippen molar-refractivity contribution in [2.75, 3.05) is 6.54 Å². The second-order valence-corrected chi connectivity index (χ2v) is 8.52. The van der Waals surface area contributed by atoms with E-state index in [2.05, 4.69) is 12.2 Å². The quantitative estimate of drug-likeness (QED) is 0.420. The minimum absolute atomic E-state index is 0.0478. The van der Waals surface area contributed by atoms with E-state index in [0.29, 0.717) is 19.5 Å². The summed E-state index contributed by atoms with van der Waals surface area (Å²) in [5, 5.41) is 3.07. The number of unbranched alkanes of at least 4 members (excludes halogenated alkanes) is 1. The lowest BCUT2D eigenvalue weighted by atomic mass is 10.0. The van der Waals surface area contributed by atoms with Crippen molar-refractivity contribution >= 4 is 11.8 Å². The van der Waals surface area contributed by atoms with Crippen LogP contribution in [0.3, 0.4) is 0 Å². The van der Waals surface area contributed by atoms with Gasteiger partial charge in [-0.1, -0.05) is 104 Å². The monoisotopic (exact) mass is 442 g/mol. The van der Waals surface area contributed by atoms with Gasteiger partial charge >= 0.3 is 0 Å². The van der Waals surface area contributed by atoms with Crippen LogP contribution < -0.4 is 5.32 Å². The lowest BCUT2D eigenvalue weighted by Gasteiger charge is -2.32. The predicted molar refractivity (Wildman–Crippen MR) is 134 cm³/mol. The van der Waals surface area contributed by atoms with Gasteiger partial charge in [0, 0.05) is 19.5 Å². The van der Waals surface area contributed by atoms with E-state index in [1.807, 2.05) is 91.9 Å². The average molecular weight is 443 g/mol. The van der Waals surface area contributed by atoms with E-state index >= 15 is 0 Å². The van der Waals surface area contributed by atoms with Crippen LogP contribution >= 0.6 is 0 Å². The zero-order valence-corrected chi connectivity index (χ0v) is 19.7. The number of benzene rings is 3. The summed E-state index contributed by atoms with van der Waals surface area (Å²) in [5.41, 5.74) is 4.16. The number of carbonyl (C=O) groups excluding carboxylic acids is 2. The van der Waals surface area contributed by atoms with Gasteiger partial charge in [0.15, 0.2) is 0 Å². The number of nitrogens with zero attached hydrogens (tertiary/aromatic N) is 1. The normalized spacial score (nSPS) is 11.6. The minimum Gasteiger partial charge on any atom is -0.354 e. The van der Waals surface area contributed by atoms with Crippen molar-refractivity contribution in [3.63, 3.8) is 0 Å². The molecule has 0 heterocycles. The Balaban J connectivity index is 1.91. The van der Waals surface area contributed by atoms with Crippen LogP contribution in [0.2, 0.25) is 0 Å². The molecule has 0 bridgehead atoms. The molecule has 0 aliphatic heterocycles. The van der Waals surface area contributed by atoms with Crippen LogP contribution in [0.4, 0.5) is 0 Å². The van der Waals surface area contributed by atoms with E-state index in [1.54, 1.807) is 4.90 Å². The predicted octanol–water partition coefficient (Wildman–Crippen LogP) is 5.09. The van der Waals surface area contributed by atoms with Crippen molar-refractivity contribution < 1.29 is 9.59 Å². The molecule has 0 unspecified atom stereocenters. The molecule has 172 valence electrons. The molecular weight excluding hydrogens is 408 g/mol. The van der Waals surface area contributed by atoms with Crippen LogP contribution in [0.1, 0.15) is 42.0 Å². The first kappa shape index (κ1) is 24.2. The van der Waals surface area contributed by atoms with E-state index in [1.165, 1.54) is 5.56 Å². The molecule has 0 aromatic heterocycles. The third-order valence-corrected chi connectivity index (χ3v) is 5.77. The summed E-state index contributed by atoms with van der Waals surface area (Å²) >= 11 is 0. The van der Waals surface area contributed by atoms with E-state index in [4.69, 9.17) is 0 Å². The first-order valence-corrected chi connectivity index (χ1v) is 11.8. The highest BCUT2D eigenvalue weighted by Crippen LogP contribution is 2.17. The molecule has 1 atom stereocenters. The molecule has 0 aliphatic rings. The SMILES string of the molecule is CCCCNC(=O)[C@@H](Cc1ccccc1)N(Cc1ccc(C)cc1)C(=O)Cc1ccccc1. The summed E-state index contributed by atoms with van der Waals surface area (Å²) < 4.78 is 0. The lowest BCUT2D eigenvalue weighted by Crippen LogP contribution is -2.51. The van der Waals surface area contributed by atoms with Crippen molar-refractivity contribution in [1.29, 1.82) is 0 Å². The van der Waals surface area contributed by atoms with Crippen molar-refractivity contribution in [3.05, 3.63) is 107 Å². The third kappa shape index (κ3) is 7.60. The second-order valence-electron chi connectivity index (χ2n) is 8.52. The van der Waals surface area contributed by atoms with Crippen molar-refractivity contribution in [3.8, 4) is 0 Å². The van der Waals surface area contributed by atoms with Gasteiger partial charge < -0.3 is 10.2 Å². The van der Waals surface area contributed by atoms with E-state index in [0.717, 1.165) is 29.5 Å². The summed E-state index contributed by atoms with van der Waals surface area (Å²) in [7, 11) is 0. The topological polar surface area (TPSA) is 49.4 Å². The molecule has 0 aliphatic carbocycles. The van der Waals surface area contributed by atoms with Crippen molar-refractivity contribution in [2.45, 2.75) is 52.1 Å². The Morgan fingerprint density at radius 1 is 0.818 bits per heavy atom. The molecule has 3 aromatic carbocycles. The number of nitrogens with one attached hydrogen (secondary N) is 1. The van der Waals surface area contributed by atoms with Crippen LogP contribution in [-0.2, 0) is 29.0 Å². The lowest BCUT2D eigenvalue weighted by molar-refractivity contribution is -0.140. The van der Waals surface area contributed by atoms with Gasteiger partial charge in [-0.05, 0) is 30.0 Å². The van der Waals surface area contributed by atoms with Crippen LogP contribution in [0.25, 0.3) is 0 Å². The summed E-state index contributed by atoms with van der Waals surface area (Å²) in [6.45, 7) is 5.15. The zero-order chi connectivity index (χ0) is 23.5. The Hall–Kier alpha value is -3.40. The number of aryl methyl sites for hydroxylation is 1.